The molecule has 0 unspecified atom stereocenters. The Kier molecular flexibility index (Phi) is 7.49. The zero-order valence-corrected chi connectivity index (χ0v) is 20.6. The summed E-state index contributed by atoms with van der Waals surface area (Å²) < 4.78 is 0. The van der Waals surface area contributed by atoms with Gasteiger partial charge in [0, 0.05) is 49.5 Å². The first-order valence-electron chi connectivity index (χ1n) is 12.1. The number of nitrogens with zero attached hydrogens (tertiary/aromatic N) is 2. The number of likely N-dealkylation sites (N-methyl/N-ethyl adjacent to an activating group) is 1. The smallest absolute Gasteiger partial charge is 0.253 e. The fraction of sp³-hybridized carbons (Fsp3) is 0.300. The molecule has 0 aliphatic carbocycles. The first-order valence-corrected chi connectivity index (χ1v) is 12.1. The number of carbonyl (C=O) groups is 1. The first kappa shape index (κ1) is 23.8. The van der Waals surface area contributed by atoms with Crippen LogP contribution in [0.25, 0.3) is 16.5 Å². The van der Waals surface area contributed by atoms with E-state index in [2.05, 4.69) is 80.2 Å². The van der Waals surface area contributed by atoms with Gasteiger partial charge in [0.15, 0.2) is 0 Å². The summed E-state index contributed by atoms with van der Waals surface area (Å²) in [5.41, 5.74) is 6.87. The molecular formula is C30H35N3O. The number of hydrogen-bond donors (Lipinski definition) is 1. The molecule has 1 N–H and O–H groups in total. The number of aryl methyl sites for hydroxylation is 2. The number of benzene rings is 3. The van der Waals surface area contributed by atoms with Crippen LogP contribution in [0.5, 0.6) is 0 Å². The van der Waals surface area contributed by atoms with Crippen molar-refractivity contribution in [3.63, 3.8) is 0 Å². The van der Waals surface area contributed by atoms with Crippen molar-refractivity contribution in [1.29, 1.82) is 0 Å². The van der Waals surface area contributed by atoms with Gasteiger partial charge in [0.05, 0.1) is 0 Å². The van der Waals surface area contributed by atoms with E-state index in [0.29, 0.717) is 0 Å². The maximum atomic E-state index is 12.9. The fourth-order valence-corrected chi connectivity index (χ4v) is 4.51. The molecule has 4 rings (SSSR count). The van der Waals surface area contributed by atoms with Crippen molar-refractivity contribution in [3.05, 3.63) is 101 Å². The molecule has 1 aliphatic heterocycles. The minimum Gasteiger partial charge on any atom is -0.384 e. The third-order valence-electron chi connectivity index (χ3n) is 6.64. The van der Waals surface area contributed by atoms with Crippen molar-refractivity contribution in [2.24, 2.45) is 0 Å². The van der Waals surface area contributed by atoms with E-state index in [1.54, 1.807) is 0 Å². The molecule has 0 aromatic heterocycles. The van der Waals surface area contributed by atoms with Crippen LogP contribution < -0.4 is 5.32 Å². The monoisotopic (exact) mass is 453 g/mol. The lowest BCUT2D eigenvalue weighted by atomic mass is 10.0. The number of piperazine rings is 1. The standard InChI is InChI=1S/C30H35N3O/c1-5-6-29(28-19-22(2)7-8-23(28)3)31-14-13-24-9-10-26-21-27(12-11-25(26)20-24)30(34)33-17-15-32(4)16-18-33/h5-12,19-21,31H,1,13-18H2,2-4H3/b29-6+. The molecule has 1 heterocycles. The third kappa shape index (κ3) is 5.57. The SMILES string of the molecule is C=C/C=C(/NCCc1ccc2cc(C(=O)N3CCN(C)CC3)ccc2c1)c1cc(C)ccc1C. The lowest BCUT2D eigenvalue weighted by Crippen LogP contribution is -2.47. The second-order valence-electron chi connectivity index (χ2n) is 9.30. The van der Waals surface area contributed by atoms with Gasteiger partial charge in [-0.25, -0.2) is 0 Å². The molecular weight excluding hydrogens is 418 g/mol. The van der Waals surface area contributed by atoms with Crippen LogP contribution in [-0.4, -0.2) is 55.5 Å². The van der Waals surface area contributed by atoms with E-state index in [-0.39, 0.29) is 5.91 Å². The van der Waals surface area contributed by atoms with Crippen molar-refractivity contribution in [2.45, 2.75) is 20.3 Å². The van der Waals surface area contributed by atoms with Crippen LogP contribution >= 0.6 is 0 Å². The van der Waals surface area contributed by atoms with Crippen LogP contribution in [-0.2, 0) is 6.42 Å². The van der Waals surface area contributed by atoms with Crippen molar-refractivity contribution in [2.75, 3.05) is 39.8 Å². The van der Waals surface area contributed by atoms with Crippen LogP contribution in [0.4, 0.5) is 0 Å². The van der Waals surface area contributed by atoms with Gasteiger partial charge in [-0.2, -0.15) is 0 Å². The highest BCUT2D eigenvalue weighted by atomic mass is 16.2. The zero-order valence-electron chi connectivity index (χ0n) is 20.6. The summed E-state index contributed by atoms with van der Waals surface area (Å²) in [6.07, 6.45) is 4.79. The largest absolute Gasteiger partial charge is 0.384 e. The molecule has 176 valence electrons. The average molecular weight is 454 g/mol. The second kappa shape index (κ2) is 10.7. The van der Waals surface area contributed by atoms with Gasteiger partial charge in [0.2, 0.25) is 0 Å². The van der Waals surface area contributed by atoms with E-state index in [0.717, 1.165) is 55.8 Å². The van der Waals surface area contributed by atoms with Crippen LogP contribution in [0.1, 0.15) is 32.6 Å². The molecule has 0 atom stereocenters. The van der Waals surface area contributed by atoms with Crippen molar-refractivity contribution in [3.8, 4) is 0 Å². The Balaban J connectivity index is 1.42. The highest BCUT2D eigenvalue weighted by Gasteiger charge is 2.20. The summed E-state index contributed by atoms with van der Waals surface area (Å²) in [5.74, 6) is 0.135. The van der Waals surface area contributed by atoms with Crippen molar-refractivity contribution < 1.29 is 4.79 Å². The van der Waals surface area contributed by atoms with Gasteiger partial charge < -0.3 is 15.1 Å². The summed E-state index contributed by atoms with van der Waals surface area (Å²) in [6.45, 7) is 12.4. The molecule has 4 nitrogen and oxygen atoms in total. The molecule has 3 aromatic rings. The summed E-state index contributed by atoms with van der Waals surface area (Å²) in [7, 11) is 2.10. The Morgan fingerprint density at radius 1 is 0.971 bits per heavy atom. The number of hydrogen-bond acceptors (Lipinski definition) is 3. The Hall–Kier alpha value is -3.37. The number of fused-ring (bicyclic) bond motifs is 1. The summed E-state index contributed by atoms with van der Waals surface area (Å²) in [4.78, 5) is 17.2. The van der Waals surface area contributed by atoms with Crippen LogP contribution in [0.3, 0.4) is 0 Å². The number of amides is 1. The molecule has 3 aromatic carbocycles. The van der Waals surface area contributed by atoms with Crippen LogP contribution in [0.2, 0.25) is 0 Å². The summed E-state index contributed by atoms with van der Waals surface area (Å²) in [5, 5.41) is 5.88. The molecule has 34 heavy (non-hydrogen) atoms. The normalized spacial score (nSPS) is 14.9. The van der Waals surface area contributed by atoms with Gasteiger partial charge in [-0.1, -0.05) is 54.6 Å². The van der Waals surface area contributed by atoms with Crippen LogP contribution in [0, 0.1) is 13.8 Å². The maximum Gasteiger partial charge on any atom is 0.253 e. The Bertz CT molecular complexity index is 1220. The minimum absolute atomic E-state index is 0.135. The summed E-state index contributed by atoms with van der Waals surface area (Å²) in [6, 6.07) is 19.1. The van der Waals surface area contributed by atoms with Gasteiger partial charge in [-0.15, -0.1) is 0 Å². The van der Waals surface area contributed by atoms with Gasteiger partial charge >= 0.3 is 0 Å². The lowest BCUT2D eigenvalue weighted by Gasteiger charge is -2.32. The summed E-state index contributed by atoms with van der Waals surface area (Å²) >= 11 is 0. The van der Waals surface area contributed by atoms with Gasteiger partial charge in [-0.05, 0) is 73.5 Å². The molecule has 1 aliphatic rings. The van der Waals surface area contributed by atoms with Crippen LogP contribution in [0.15, 0.2) is 73.3 Å². The molecule has 0 bridgehead atoms. The molecule has 1 fully saturated rings. The molecule has 0 radical (unpaired) electrons. The first-order chi connectivity index (χ1) is 16.4. The minimum atomic E-state index is 0.135. The number of rotatable bonds is 7. The van der Waals surface area contributed by atoms with E-state index < -0.39 is 0 Å². The Morgan fingerprint density at radius 3 is 2.47 bits per heavy atom. The maximum absolute atomic E-state index is 12.9. The van der Waals surface area contributed by atoms with E-state index in [9.17, 15) is 4.79 Å². The predicted octanol–water partition coefficient (Wildman–Crippen LogP) is 5.20. The molecule has 0 saturated carbocycles. The van der Waals surface area contributed by atoms with Crippen molar-refractivity contribution in [1.82, 2.24) is 15.1 Å². The molecule has 0 spiro atoms. The second-order valence-corrected chi connectivity index (χ2v) is 9.30. The molecule has 4 heteroatoms. The van der Waals surface area contributed by atoms with Gasteiger partial charge in [-0.3, -0.25) is 4.79 Å². The van der Waals surface area contributed by atoms with E-state index in [4.69, 9.17) is 0 Å². The molecule has 1 amide bonds. The third-order valence-corrected chi connectivity index (χ3v) is 6.64. The Morgan fingerprint density at radius 2 is 1.71 bits per heavy atom. The van der Waals surface area contributed by atoms with E-state index >= 15 is 0 Å². The topological polar surface area (TPSA) is 35.6 Å². The van der Waals surface area contributed by atoms with E-state index in [1.165, 1.54) is 27.6 Å². The lowest BCUT2D eigenvalue weighted by molar-refractivity contribution is 0.0664. The fourth-order valence-electron chi connectivity index (χ4n) is 4.51. The molecule has 1 saturated heterocycles. The highest BCUT2D eigenvalue weighted by Crippen LogP contribution is 2.21. The van der Waals surface area contributed by atoms with E-state index in [1.807, 2.05) is 29.2 Å². The van der Waals surface area contributed by atoms with Gasteiger partial charge in [0.1, 0.15) is 0 Å². The average Bonchev–Trinajstić information content (AvgIpc) is 2.84. The quantitative estimate of drug-likeness (QED) is 0.499. The number of allylic oxidation sites excluding steroid dienone is 2. The number of nitrogens with one attached hydrogen (secondary N) is 1. The Labute approximate surface area is 203 Å². The van der Waals surface area contributed by atoms with Gasteiger partial charge in [0.25, 0.3) is 5.91 Å². The van der Waals surface area contributed by atoms with Crippen molar-refractivity contribution >= 4 is 22.4 Å². The zero-order chi connectivity index (χ0) is 24.1. The number of carbonyl (C=O) groups excluding carboxylic acids is 1. The highest BCUT2D eigenvalue weighted by molar-refractivity contribution is 5.98. The predicted molar refractivity (Wildman–Crippen MR) is 143 cm³/mol.